The minimum absolute atomic E-state index is 0.192. The van der Waals surface area contributed by atoms with Gasteiger partial charge in [0.15, 0.2) is 5.82 Å². The van der Waals surface area contributed by atoms with Crippen molar-refractivity contribution in [3.63, 3.8) is 0 Å². The zero-order chi connectivity index (χ0) is 14.5. The monoisotopic (exact) mass is 291 g/mol. The summed E-state index contributed by atoms with van der Waals surface area (Å²) in [5, 5.41) is 0.778. The second kappa shape index (κ2) is 6.65. The van der Waals surface area contributed by atoms with Gasteiger partial charge in [-0.2, -0.15) is 0 Å². The molecule has 2 rings (SSSR count). The molecule has 1 aromatic carbocycles. The molecule has 106 valence electrons. The zero-order valence-corrected chi connectivity index (χ0v) is 12.3. The topological polar surface area (TPSA) is 67.1 Å². The van der Waals surface area contributed by atoms with E-state index in [9.17, 15) is 0 Å². The summed E-state index contributed by atoms with van der Waals surface area (Å²) in [7, 11) is 2.03. The minimum atomic E-state index is 0.192. The highest BCUT2D eigenvalue weighted by Gasteiger charge is 2.15. The van der Waals surface area contributed by atoms with Crippen molar-refractivity contribution in [1.29, 1.82) is 0 Å². The van der Waals surface area contributed by atoms with E-state index in [0.717, 1.165) is 16.3 Å². The molecule has 2 aromatic rings. The van der Waals surface area contributed by atoms with Crippen LogP contribution in [0.5, 0.6) is 0 Å². The molecule has 6 heteroatoms. The van der Waals surface area contributed by atoms with E-state index in [-0.39, 0.29) is 6.04 Å². The number of hydrogen-bond donors (Lipinski definition) is 2. The number of hydrogen-bond acceptors (Lipinski definition) is 5. The Kier molecular flexibility index (Phi) is 4.89. The number of benzene rings is 1. The Balaban J connectivity index is 2.07. The first-order valence-electron chi connectivity index (χ1n) is 6.34. The normalized spacial score (nSPS) is 12.4. The summed E-state index contributed by atoms with van der Waals surface area (Å²) >= 11 is 6.23. The van der Waals surface area contributed by atoms with Gasteiger partial charge in [0.1, 0.15) is 0 Å². The van der Waals surface area contributed by atoms with E-state index in [4.69, 9.17) is 17.4 Å². The lowest BCUT2D eigenvalue weighted by molar-refractivity contribution is 0.250. The zero-order valence-electron chi connectivity index (χ0n) is 11.5. The van der Waals surface area contributed by atoms with Gasteiger partial charge < -0.3 is 5.43 Å². The molecular formula is C14H18ClN5. The van der Waals surface area contributed by atoms with Crippen LogP contribution in [0.2, 0.25) is 5.02 Å². The van der Waals surface area contributed by atoms with Crippen LogP contribution >= 0.6 is 11.6 Å². The van der Waals surface area contributed by atoms with Gasteiger partial charge in [-0.25, -0.2) is 10.8 Å². The SMILES string of the molecule is CC(c1ccccc1Cl)N(C)Cc1cnc(NN)cn1. The summed E-state index contributed by atoms with van der Waals surface area (Å²) < 4.78 is 0. The largest absolute Gasteiger partial charge is 0.307 e. The minimum Gasteiger partial charge on any atom is -0.307 e. The second-order valence-electron chi connectivity index (χ2n) is 4.65. The fourth-order valence-corrected chi connectivity index (χ4v) is 2.25. The van der Waals surface area contributed by atoms with Crippen LogP contribution in [-0.2, 0) is 6.54 Å². The molecule has 1 unspecified atom stereocenters. The molecule has 0 fully saturated rings. The Morgan fingerprint density at radius 2 is 2.05 bits per heavy atom. The standard InChI is InChI=1S/C14H18ClN5/c1-10(12-5-3-4-6-13(12)15)20(2)9-11-7-18-14(19-16)8-17-11/h3-8,10H,9,16H2,1-2H3,(H,18,19). The van der Waals surface area contributed by atoms with Crippen LogP contribution in [0.3, 0.4) is 0 Å². The second-order valence-corrected chi connectivity index (χ2v) is 5.06. The van der Waals surface area contributed by atoms with Crippen molar-refractivity contribution in [3.8, 4) is 0 Å². The Bertz CT molecular complexity index is 558. The molecule has 0 radical (unpaired) electrons. The first-order chi connectivity index (χ1) is 9.61. The molecule has 20 heavy (non-hydrogen) atoms. The van der Waals surface area contributed by atoms with Crippen LogP contribution in [0.25, 0.3) is 0 Å². The van der Waals surface area contributed by atoms with E-state index in [1.807, 2.05) is 31.3 Å². The van der Waals surface area contributed by atoms with Crippen molar-refractivity contribution in [2.24, 2.45) is 5.84 Å². The predicted octanol–water partition coefficient (Wildman–Crippen LogP) is 2.61. The molecule has 0 spiro atoms. The first-order valence-corrected chi connectivity index (χ1v) is 6.72. The van der Waals surface area contributed by atoms with Crippen molar-refractivity contribution in [2.45, 2.75) is 19.5 Å². The van der Waals surface area contributed by atoms with E-state index >= 15 is 0 Å². The molecule has 0 amide bonds. The van der Waals surface area contributed by atoms with Crippen molar-refractivity contribution >= 4 is 17.4 Å². The quantitative estimate of drug-likeness (QED) is 0.655. The third kappa shape index (κ3) is 3.45. The Morgan fingerprint density at radius 3 is 2.65 bits per heavy atom. The van der Waals surface area contributed by atoms with Gasteiger partial charge in [-0.15, -0.1) is 0 Å². The molecule has 0 saturated heterocycles. The van der Waals surface area contributed by atoms with E-state index in [2.05, 4.69) is 27.2 Å². The number of nitrogens with zero attached hydrogens (tertiary/aromatic N) is 3. The highest BCUT2D eigenvalue weighted by atomic mass is 35.5. The van der Waals surface area contributed by atoms with Crippen LogP contribution in [0.4, 0.5) is 5.82 Å². The summed E-state index contributed by atoms with van der Waals surface area (Å²) in [4.78, 5) is 10.6. The van der Waals surface area contributed by atoms with Gasteiger partial charge in [-0.1, -0.05) is 29.8 Å². The van der Waals surface area contributed by atoms with Crippen molar-refractivity contribution in [1.82, 2.24) is 14.9 Å². The van der Waals surface area contributed by atoms with Gasteiger partial charge in [-0.05, 0) is 25.6 Å². The van der Waals surface area contributed by atoms with Gasteiger partial charge in [0, 0.05) is 17.6 Å². The lowest BCUT2D eigenvalue weighted by atomic mass is 10.1. The van der Waals surface area contributed by atoms with Crippen molar-refractivity contribution in [3.05, 3.63) is 52.9 Å². The maximum absolute atomic E-state index is 6.23. The number of nitrogens with one attached hydrogen (secondary N) is 1. The summed E-state index contributed by atoms with van der Waals surface area (Å²) in [5.41, 5.74) is 4.44. The number of hydrazine groups is 1. The fourth-order valence-electron chi connectivity index (χ4n) is 1.95. The highest BCUT2D eigenvalue weighted by Crippen LogP contribution is 2.26. The molecule has 0 aliphatic rings. The lowest BCUT2D eigenvalue weighted by Gasteiger charge is -2.25. The van der Waals surface area contributed by atoms with Gasteiger partial charge in [0.25, 0.3) is 0 Å². The molecule has 0 aliphatic heterocycles. The number of nitrogen functional groups attached to an aromatic ring is 1. The van der Waals surface area contributed by atoms with Crippen LogP contribution in [0, 0.1) is 0 Å². The summed E-state index contributed by atoms with van der Waals surface area (Å²) in [5.74, 6) is 5.82. The Morgan fingerprint density at radius 1 is 1.30 bits per heavy atom. The predicted molar refractivity (Wildman–Crippen MR) is 81.2 cm³/mol. The van der Waals surface area contributed by atoms with Crippen LogP contribution in [0.1, 0.15) is 24.2 Å². The van der Waals surface area contributed by atoms with Crippen LogP contribution in [-0.4, -0.2) is 21.9 Å². The molecule has 0 saturated carbocycles. The summed E-state index contributed by atoms with van der Waals surface area (Å²) in [6.45, 7) is 2.80. The third-order valence-electron chi connectivity index (χ3n) is 3.28. The van der Waals surface area contributed by atoms with E-state index in [1.54, 1.807) is 12.4 Å². The number of nitrogens with two attached hydrogens (primary N) is 1. The van der Waals surface area contributed by atoms with Crippen molar-refractivity contribution < 1.29 is 0 Å². The van der Waals surface area contributed by atoms with Gasteiger partial charge in [-0.3, -0.25) is 9.88 Å². The molecule has 0 bridgehead atoms. The van der Waals surface area contributed by atoms with Gasteiger partial charge >= 0.3 is 0 Å². The smallest absolute Gasteiger partial charge is 0.158 e. The Hall–Kier alpha value is -1.69. The van der Waals surface area contributed by atoms with Gasteiger partial charge in [0.05, 0.1) is 18.1 Å². The third-order valence-corrected chi connectivity index (χ3v) is 3.63. The maximum Gasteiger partial charge on any atom is 0.158 e. The van der Waals surface area contributed by atoms with Gasteiger partial charge in [0.2, 0.25) is 0 Å². The fraction of sp³-hybridized carbons (Fsp3) is 0.286. The molecule has 1 atom stereocenters. The summed E-state index contributed by atoms with van der Waals surface area (Å²) in [6, 6.07) is 8.06. The van der Waals surface area contributed by atoms with E-state index < -0.39 is 0 Å². The van der Waals surface area contributed by atoms with Crippen molar-refractivity contribution in [2.75, 3.05) is 12.5 Å². The Labute approximate surface area is 123 Å². The number of anilines is 1. The average Bonchev–Trinajstić information content (AvgIpc) is 2.48. The molecular weight excluding hydrogens is 274 g/mol. The lowest BCUT2D eigenvalue weighted by Crippen LogP contribution is -2.23. The molecule has 1 aromatic heterocycles. The van der Waals surface area contributed by atoms with E-state index in [0.29, 0.717) is 12.4 Å². The number of halogens is 1. The number of rotatable bonds is 5. The molecule has 0 aliphatic carbocycles. The van der Waals surface area contributed by atoms with E-state index in [1.165, 1.54) is 0 Å². The summed E-state index contributed by atoms with van der Waals surface area (Å²) in [6.07, 6.45) is 3.33. The highest BCUT2D eigenvalue weighted by molar-refractivity contribution is 6.31. The van der Waals surface area contributed by atoms with Crippen LogP contribution < -0.4 is 11.3 Å². The van der Waals surface area contributed by atoms with Crippen LogP contribution in [0.15, 0.2) is 36.7 Å². The average molecular weight is 292 g/mol. The number of aromatic nitrogens is 2. The molecule has 1 heterocycles. The maximum atomic E-state index is 6.23. The molecule has 3 N–H and O–H groups in total. The first kappa shape index (κ1) is 14.7. The molecule has 5 nitrogen and oxygen atoms in total.